The molecular formula is C63H59N. The Morgan fingerprint density at radius 1 is 0.375 bits per heavy atom. The summed E-state index contributed by atoms with van der Waals surface area (Å²) in [7, 11) is 0. The maximum Gasteiger partial charge on any atom is 0.0714 e. The molecule has 11 rings (SSSR count). The van der Waals surface area contributed by atoms with E-state index in [1.54, 1.807) is 0 Å². The Hall–Kier alpha value is -6.44. The van der Waals surface area contributed by atoms with Crippen molar-refractivity contribution in [2.24, 2.45) is 0 Å². The van der Waals surface area contributed by atoms with Gasteiger partial charge in [0.05, 0.1) is 11.1 Å². The molecule has 0 aromatic heterocycles. The summed E-state index contributed by atoms with van der Waals surface area (Å²) in [4.78, 5) is 2.60. The van der Waals surface area contributed by atoms with Gasteiger partial charge < -0.3 is 4.90 Å². The van der Waals surface area contributed by atoms with Crippen LogP contribution in [0.3, 0.4) is 0 Å². The molecule has 0 heterocycles. The molecule has 1 heteroatoms. The van der Waals surface area contributed by atoms with Crippen molar-refractivity contribution in [1.82, 2.24) is 0 Å². The lowest BCUT2D eigenvalue weighted by Gasteiger charge is -2.35. The largest absolute Gasteiger partial charge is 0.310 e. The van der Waals surface area contributed by atoms with Crippen LogP contribution in [0.15, 0.2) is 176 Å². The first-order chi connectivity index (χ1) is 30.5. The summed E-state index contributed by atoms with van der Waals surface area (Å²) >= 11 is 0. The molecule has 0 bridgehead atoms. The maximum absolute atomic E-state index is 2.60. The fourth-order valence-corrected chi connectivity index (χ4v) is 12.1. The van der Waals surface area contributed by atoms with Crippen LogP contribution in [0.25, 0.3) is 33.4 Å². The molecule has 0 saturated carbocycles. The molecule has 316 valence electrons. The van der Waals surface area contributed by atoms with Crippen molar-refractivity contribution in [2.45, 2.75) is 96.3 Å². The van der Waals surface area contributed by atoms with Crippen molar-refractivity contribution >= 4 is 17.1 Å². The van der Waals surface area contributed by atoms with Crippen LogP contribution >= 0.6 is 0 Å². The predicted octanol–water partition coefficient (Wildman–Crippen LogP) is 16.7. The lowest BCUT2D eigenvalue weighted by molar-refractivity contribution is 0.545. The molecule has 0 amide bonds. The maximum atomic E-state index is 2.60. The van der Waals surface area contributed by atoms with Gasteiger partial charge in [-0.2, -0.15) is 0 Å². The van der Waals surface area contributed by atoms with Crippen LogP contribution < -0.4 is 4.90 Å². The summed E-state index contributed by atoms with van der Waals surface area (Å²) in [6.07, 6.45) is 0. The van der Waals surface area contributed by atoms with Gasteiger partial charge in [0.15, 0.2) is 0 Å². The average molecular weight is 830 g/mol. The van der Waals surface area contributed by atoms with Gasteiger partial charge in [-0.3, -0.25) is 0 Å². The minimum atomic E-state index is -0.520. The Labute approximate surface area is 381 Å². The fraction of sp³-hybridized carbons (Fsp3) is 0.238. The number of anilines is 3. The molecule has 0 fully saturated rings. The Balaban J connectivity index is 1.22. The first-order valence-electron chi connectivity index (χ1n) is 23.3. The number of nitrogens with zero attached hydrogens (tertiary/aromatic N) is 1. The van der Waals surface area contributed by atoms with Gasteiger partial charge in [-0.1, -0.05) is 215 Å². The van der Waals surface area contributed by atoms with Gasteiger partial charge in [-0.15, -0.1) is 0 Å². The normalized spacial score (nSPS) is 15.7. The average Bonchev–Trinajstić information content (AvgIpc) is 3.81. The van der Waals surface area contributed by atoms with E-state index in [0.717, 1.165) is 5.69 Å². The second kappa shape index (κ2) is 13.8. The van der Waals surface area contributed by atoms with E-state index in [9.17, 15) is 0 Å². The zero-order valence-corrected chi connectivity index (χ0v) is 39.2. The molecular weight excluding hydrogens is 771 g/mol. The lowest BCUT2D eigenvalue weighted by Crippen LogP contribution is -2.28. The van der Waals surface area contributed by atoms with E-state index in [2.05, 4.69) is 250 Å². The Morgan fingerprint density at radius 3 is 1.55 bits per heavy atom. The predicted molar refractivity (Wildman–Crippen MR) is 271 cm³/mol. The third-order valence-electron chi connectivity index (χ3n) is 15.2. The Kier molecular flexibility index (Phi) is 8.69. The second-order valence-corrected chi connectivity index (χ2v) is 21.8. The number of benzene rings is 8. The first-order valence-corrected chi connectivity index (χ1v) is 23.3. The minimum absolute atomic E-state index is 0.0227. The summed E-state index contributed by atoms with van der Waals surface area (Å²) in [6.45, 7) is 23.9. The standard InChI is InChI=1S/C63H59N/c1-59(2,3)42-37-49-57-53(62(9,10)58(49)55(38-42)60(4,5)6)32-21-33-56(57)64(44-34-35-48-45-26-14-17-29-50(45)61(7,8)54(48)39-44)43-25-20-24-41(36-43)63(40-22-12-11-13-23-40)51-30-18-15-27-46(51)47-28-16-19-31-52(47)63/h11-39H,1-10H3. The second-order valence-electron chi connectivity index (χ2n) is 21.8. The smallest absolute Gasteiger partial charge is 0.0714 e. The number of hydrogen-bond acceptors (Lipinski definition) is 1. The van der Waals surface area contributed by atoms with Gasteiger partial charge in [-0.05, 0) is 125 Å². The topological polar surface area (TPSA) is 3.24 Å². The van der Waals surface area contributed by atoms with Gasteiger partial charge in [0, 0.05) is 27.8 Å². The molecule has 0 atom stereocenters. The molecule has 0 spiro atoms. The highest BCUT2D eigenvalue weighted by Gasteiger charge is 2.47. The quantitative estimate of drug-likeness (QED) is 0.167. The summed E-state index contributed by atoms with van der Waals surface area (Å²) in [6, 6.07) is 67.3. The van der Waals surface area contributed by atoms with Crippen molar-refractivity contribution < 1.29 is 0 Å². The van der Waals surface area contributed by atoms with E-state index in [1.807, 2.05) is 0 Å². The molecule has 8 aromatic carbocycles. The monoisotopic (exact) mass is 829 g/mol. The van der Waals surface area contributed by atoms with E-state index >= 15 is 0 Å². The van der Waals surface area contributed by atoms with Crippen LogP contribution in [0.1, 0.15) is 125 Å². The van der Waals surface area contributed by atoms with E-state index < -0.39 is 5.41 Å². The van der Waals surface area contributed by atoms with E-state index in [4.69, 9.17) is 0 Å². The van der Waals surface area contributed by atoms with Crippen molar-refractivity contribution in [2.75, 3.05) is 4.90 Å². The zero-order chi connectivity index (χ0) is 44.6. The summed E-state index contributed by atoms with van der Waals surface area (Å²) in [5, 5.41) is 0. The molecule has 0 aliphatic heterocycles. The van der Waals surface area contributed by atoms with Crippen molar-refractivity contribution in [3.8, 4) is 33.4 Å². The molecule has 0 saturated heterocycles. The highest BCUT2D eigenvalue weighted by Crippen LogP contribution is 2.60. The van der Waals surface area contributed by atoms with Gasteiger partial charge in [-0.25, -0.2) is 0 Å². The third kappa shape index (κ3) is 5.62. The van der Waals surface area contributed by atoms with Crippen molar-refractivity contribution in [3.63, 3.8) is 0 Å². The fourth-order valence-electron chi connectivity index (χ4n) is 12.1. The third-order valence-corrected chi connectivity index (χ3v) is 15.2. The van der Waals surface area contributed by atoms with E-state index in [0.29, 0.717) is 0 Å². The Bertz CT molecular complexity index is 3130. The molecule has 0 radical (unpaired) electrons. The lowest BCUT2D eigenvalue weighted by atomic mass is 9.67. The van der Waals surface area contributed by atoms with E-state index in [-0.39, 0.29) is 21.7 Å². The van der Waals surface area contributed by atoms with E-state index in [1.165, 1.54) is 100 Å². The summed E-state index contributed by atoms with van der Waals surface area (Å²) < 4.78 is 0. The van der Waals surface area contributed by atoms with Crippen LogP contribution in [0.2, 0.25) is 0 Å². The molecule has 64 heavy (non-hydrogen) atoms. The summed E-state index contributed by atoms with van der Waals surface area (Å²) in [5.41, 5.74) is 24.1. The van der Waals surface area contributed by atoms with Gasteiger partial charge >= 0.3 is 0 Å². The SMILES string of the molecule is CC(C)(C)c1cc2c(c(C(C)(C)C)c1)C(C)(C)c1cccc(N(c3cccc(C4(c5ccccc5)c5ccccc5-c5ccccc54)c3)c3ccc4c(c3)C(C)(C)c3ccccc3-4)c1-2. The first kappa shape index (κ1) is 40.3. The van der Waals surface area contributed by atoms with Crippen LogP contribution in [0.4, 0.5) is 17.1 Å². The van der Waals surface area contributed by atoms with Gasteiger partial charge in [0.1, 0.15) is 0 Å². The summed E-state index contributed by atoms with van der Waals surface area (Å²) in [5.74, 6) is 0. The molecule has 0 unspecified atom stereocenters. The molecule has 3 aliphatic carbocycles. The highest BCUT2D eigenvalue weighted by atomic mass is 15.1. The van der Waals surface area contributed by atoms with Crippen molar-refractivity contribution in [3.05, 3.63) is 232 Å². The van der Waals surface area contributed by atoms with Gasteiger partial charge in [0.2, 0.25) is 0 Å². The van der Waals surface area contributed by atoms with Crippen LogP contribution in [-0.4, -0.2) is 0 Å². The molecule has 0 N–H and O–H groups in total. The van der Waals surface area contributed by atoms with Gasteiger partial charge in [0.25, 0.3) is 0 Å². The van der Waals surface area contributed by atoms with Crippen LogP contribution in [0.5, 0.6) is 0 Å². The van der Waals surface area contributed by atoms with Crippen LogP contribution in [0, 0.1) is 0 Å². The Morgan fingerprint density at radius 2 is 0.906 bits per heavy atom. The van der Waals surface area contributed by atoms with Crippen LogP contribution in [-0.2, 0) is 27.1 Å². The number of hydrogen-bond donors (Lipinski definition) is 0. The number of fused-ring (bicyclic) bond motifs is 9. The molecule has 3 aliphatic rings. The number of rotatable bonds is 5. The van der Waals surface area contributed by atoms with Crippen molar-refractivity contribution in [1.29, 1.82) is 0 Å². The zero-order valence-electron chi connectivity index (χ0n) is 39.2. The molecule has 8 aromatic rings. The minimum Gasteiger partial charge on any atom is -0.310 e. The molecule has 1 nitrogen and oxygen atoms in total. The highest BCUT2D eigenvalue weighted by molar-refractivity contribution is 5.97.